The number of carbonyl (C=O) groups excluding carboxylic acids is 1. The summed E-state index contributed by atoms with van der Waals surface area (Å²) in [6.07, 6.45) is 8.84. The summed E-state index contributed by atoms with van der Waals surface area (Å²) in [5.41, 5.74) is 8.35. The van der Waals surface area contributed by atoms with Gasteiger partial charge in [0.25, 0.3) is 11.5 Å². The van der Waals surface area contributed by atoms with Crippen LogP contribution in [0.2, 0.25) is 0 Å². The molecule has 0 saturated heterocycles. The Morgan fingerprint density at radius 3 is 2.71 bits per heavy atom. The van der Waals surface area contributed by atoms with Crippen molar-refractivity contribution in [2.75, 3.05) is 5.73 Å². The van der Waals surface area contributed by atoms with Gasteiger partial charge in [0.1, 0.15) is 16.9 Å². The summed E-state index contributed by atoms with van der Waals surface area (Å²) in [5, 5.41) is 7.04. The van der Waals surface area contributed by atoms with Gasteiger partial charge in [-0.3, -0.25) is 14.0 Å². The third-order valence-electron chi connectivity index (χ3n) is 5.50. The van der Waals surface area contributed by atoms with E-state index in [1.165, 1.54) is 8.92 Å². The van der Waals surface area contributed by atoms with Crippen LogP contribution in [0.4, 0.5) is 5.82 Å². The quantitative estimate of drug-likeness (QED) is 0.407. The molecule has 9 nitrogen and oxygen atoms in total. The molecule has 4 heterocycles. The van der Waals surface area contributed by atoms with E-state index < -0.39 is 11.9 Å². The largest absolute Gasteiger partial charge is 0.381 e. The fourth-order valence-corrected chi connectivity index (χ4v) is 3.96. The van der Waals surface area contributed by atoms with Gasteiger partial charge in [0.2, 0.25) is 0 Å². The van der Waals surface area contributed by atoms with E-state index in [2.05, 4.69) is 21.3 Å². The minimum absolute atomic E-state index is 0.0527. The summed E-state index contributed by atoms with van der Waals surface area (Å²) in [6.45, 7) is 1.75. The fourth-order valence-electron chi connectivity index (χ4n) is 3.96. The average molecular weight is 449 g/mol. The molecule has 0 unspecified atom stereocenters. The molecule has 5 aromatic rings. The van der Waals surface area contributed by atoms with E-state index in [0.717, 1.165) is 0 Å². The van der Waals surface area contributed by atoms with Crippen molar-refractivity contribution in [1.29, 1.82) is 0 Å². The number of anilines is 1. The van der Waals surface area contributed by atoms with Gasteiger partial charge in [-0.2, -0.15) is 0 Å². The molecule has 0 radical (unpaired) electrons. The van der Waals surface area contributed by atoms with E-state index in [1.807, 2.05) is 30.3 Å². The number of hydrogen-bond acceptors (Lipinski definition) is 6. The van der Waals surface area contributed by atoms with E-state index in [4.69, 9.17) is 17.1 Å². The van der Waals surface area contributed by atoms with E-state index in [9.17, 15) is 9.59 Å². The van der Waals surface area contributed by atoms with Gasteiger partial charge in [0.15, 0.2) is 11.5 Å². The Kier molecular flexibility index (Phi) is 5.03. The molecule has 9 heteroatoms. The molecule has 0 saturated carbocycles. The molecule has 0 bridgehead atoms. The Morgan fingerprint density at radius 1 is 1.15 bits per heavy atom. The van der Waals surface area contributed by atoms with Gasteiger partial charge in [-0.1, -0.05) is 42.3 Å². The van der Waals surface area contributed by atoms with E-state index in [-0.39, 0.29) is 16.9 Å². The van der Waals surface area contributed by atoms with Crippen LogP contribution in [-0.2, 0) is 0 Å². The van der Waals surface area contributed by atoms with E-state index >= 15 is 0 Å². The number of fused-ring (bicyclic) bond motifs is 2. The Labute approximate surface area is 193 Å². The van der Waals surface area contributed by atoms with Crippen molar-refractivity contribution in [3.63, 3.8) is 0 Å². The van der Waals surface area contributed by atoms with Gasteiger partial charge in [-0.25, -0.2) is 14.5 Å². The number of nitrogens with one attached hydrogen (secondary N) is 1. The summed E-state index contributed by atoms with van der Waals surface area (Å²) in [5.74, 6) is 2.11. The van der Waals surface area contributed by atoms with Crippen molar-refractivity contribution in [1.82, 2.24) is 29.3 Å². The molecular weight excluding hydrogens is 430 g/mol. The first kappa shape index (κ1) is 20.9. The van der Waals surface area contributed by atoms with Crippen LogP contribution in [-0.4, -0.2) is 29.9 Å². The number of pyridine rings is 1. The SMILES string of the molecule is C#Cc1cccc2nc([C@H](C)NC(=O)c3c(N)nn4cccnc34)c(-c3ccccc3)c(=O)n12. The predicted octanol–water partition coefficient (Wildman–Crippen LogP) is 2.46. The number of benzene rings is 1. The number of nitrogens with zero attached hydrogens (tertiary/aromatic N) is 5. The minimum atomic E-state index is -0.645. The molecule has 0 aliphatic rings. The molecule has 1 atom stereocenters. The number of aromatic nitrogens is 5. The first-order chi connectivity index (χ1) is 16.5. The number of nitrogen functional groups attached to an aromatic ring is 1. The van der Waals surface area contributed by atoms with Crippen LogP contribution < -0.4 is 16.6 Å². The van der Waals surface area contributed by atoms with Gasteiger partial charge < -0.3 is 11.1 Å². The monoisotopic (exact) mass is 449 g/mol. The van der Waals surface area contributed by atoms with Crippen molar-refractivity contribution < 1.29 is 4.79 Å². The third kappa shape index (κ3) is 3.34. The Balaban J connectivity index is 1.65. The Hall–Kier alpha value is -4.97. The maximum Gasteiger partial charge on any atom is 0.267 e. The number of amides is 1. The molecule has 0 aliphatic carbocycles. The van der Waals surface area contributed by atoms with Gasteiger partial charge in [0, 0.05) is 12.4 Å². The van der Waals surface area contributed by atoms with E-state index in [1.54, 1.807) is 43.6 Å². The maximum atomic E-state index is 13.6. The first-order valence-electron chi connectivity index (χ1n) is 10.5. The number of nitrogens with two attached hydrogens (primary N) is 1. The summed E-state index contributed by atoms with van der Waals surface area (Å²) in [6, 6.07) is 15.3. The summed E-state index contributed by atoms with van der Waals surface area (Å²) in [4.78, 5) is 35.8. The molecule has 0 fully saturated rings. The van der Waals surface area contributed by atoms with Crippen LogP contribution in [0.5, 0.6) is 0 Å². The molecule has 4 aromatic heterocycles. The van der Waals surface area contributed by atoms with Gasteiger partial charge in [0.05, 0.1) is 17.3 Å². The zero-order chi connectivity index (χ0) is 23.8. The second kappa shape index (κ2) is 8.18. The molecule has 0 aliphatic heterocycles. The molecule has 166 valence electrons. The molecule has 3 N–H and O–H groups in total. The Morgan fingerprint density at radius 2 is 1.94 bits per heavy atom. The van der Waals surface area contributed by atoms with Crippen molar-refractivity contribution >= 4 is 23.0 Å². The van der Waals surface area contributed by atoms with Crippen molar-refractivity contribution in [3.8, 4) is 23.5 Å². The van der Waals surface area contributed by atoms with Gasteiger partial charge >= 0.3 is 0 Å². The highest BCUT2D eigenvalue weighted by Crippen LogP contribution is 2.26. The number of rotatable bonds is 4. The van der Waals surface area contributed by atoms with Crippen LogP contribution in [0, 0.1) is 12.3 Å². The smallest absolute Gasteiger partial charge is 0.267 e. The lowest BCUT2D eigenvalue weighted by Gasteiger charge is -2.18. The average Bonchev–Trinajstić information content (AvgIpc) is 3.19. The van der Waals surface area contributed by atoms with Gasteiger partial charge in [-0.15, -0.1) is 11.5 Å². The molecular formula is C25H19N7O2. The lowest BCUT2D eigenvalue weighted by atomic mass is 10.0. The van der Waals surface area contributed by atoms with Crippen LogP contribution in [0.15, 0.2) is 71.8 Å². The highest BCUT2D eigenvalue weighted by molar-refractivity contribution is 6.04. The second-order valence-corrected chi connectivity index (χ2v) is 7.64. The van der Waals surface area contributed by atoms with Crippen molar-refractivity contribution in [2.24, 2.45) is 0 Å². The number of hydrogen-bond donors (Lipinski definition) is 2. The number of terminal acetylenes is 1. The zero-order valence-electron chi connectivity index (χ0n) is 18.1. The lowest BCUT2D eigenvalue weighted by molar-refractivity contribution is 0.0941. The highest BCUT2D eigenvalue weighted by atomic mass is 16.2. The third-order valence-corrected chi connectivity index (χ3v) is 5.50. The molecule has 0 spiro atoms. The lowest BCUT2D eigenvalue weighted by Crippen LogP contribution is -2.31. The normalized spacial score (nSPS) is 11.9. The molecule has 34 heavy (non-hydrogen) atoms. The first-order valence-corrected chi connectivity index (χ1v) is 10.5. The zero-order valence-corrected chi connectivity index (χ0v) is 18.1. The predicted molar refractivity (Wildman–Crippen MR) is 128 cm³/mol. The van der Waals surface area contributed by atoms with Crippen LogP contribution in [0.1, 0.15) is 34.7 Å². The van der Waals surface area contributed by atoms with Crippen LogP contribution in [0.3, 0.4) is 0 Å². The second-order valence-electron chi connectivity index (χ2n) is 7.64. The summed E-state index contributed by atoms with van der Waals surface area (Å²) in [7, 11) is 0. The highest BCUT2D eigenvalue weighted by Gasteiger charge is 2.25. The van der Waals surface area contributed by atoms with Crippen molar-refractivity contribution in [3.05, 3.63) is 94.3 Å². The molecule has 5 rings (SSSR count). The summed E-state index contributed by atoms with van der Waals surface area (Å²) >= 11 is 0. The standard InChI is InChI=1S/C25H19N7O2/c1-3-17-11-7-12-18-29-21(19(25(34)32(17)18)16-9-5-4-6-10-16)15(2)28-24(33)20-22(26)30-31-14-8-13-27-23(20)31/h1,4-15H,2H3,(H2,26,30)(H,28,33)/t15-/m0/s1. The van der Waals surface area contributed by atoms with Gasteiger partial charge in [-0.05, 0) is 30.7 Å². The number of carbonyl (C=O) groups is 1. The van der Waals surface area contributed by atoms with Crippen LogP contribution >= 0.6 is 0 Å². The van der Waals surface area contributed by atoms with E-state index in [0.29, 0.717) is 33.8 Å². The Bertz CT molecular complexity index is 1660. The minimum Gasteiger partial charge on any atom is -0.381 e. The maximum absolute atomic E-state index is 13.6. The fraction of sp³-hybridized carbons (Fsp3) is 0.0800. The molecule has 1 aromatic carbocycles. The summed E-state index contributed by atoms with van der Waals surface area (Å²) < 4.78 is 2.83. The molecule has 1 amide bonds. The van der Waals surface area contributed by atoms with Crippen molar-refractivity contribution in [2.45, 2.75) is 13.0 Å². The van der Waals surface area contributed by atoms with Crippen LogP contribution in [0.25, 0.3) is 22.4 Å². The topological polar surface area (TPSA) is 120 Å².